The molecule has 0 saturated heterocycles. The third kappa shape index (κ3) is 7.69. The number of nitrogens with zero attached hydrogens (tertiary/aromatic N) is 2. The average Bonchev–Trinajstić information content (AvgIpc) is 2.87. The Morgan fingerprint density at radius 2 is 1.91 bits per heavy atom. The summed E-state index contributed by atoms with van der Waals surface area (Å²) < 4.78 is 40.9. The van der Waals surface area contributed by atoms with Crippen molar-refractivity contribution in [3.63, 3.8) is 0 Å². The molecule has 1 unspecified atom stereocenters. The second kappa shape index (κ2) is 13.7. The highest BCUT2D eigenvalue weighted by Crippen LogP contribution is 2.29. The molecular formula is C29H34F2N2O2. The smallest absolute Gasteiger partial charge is 0.233 e. The maximum atomic E-state index is 14.9. The van der Waals surface area contributed by atoms with Crippen molar-refractivity contribution < 1.29 is 18.3 Å². The van der Waals surface area contributed by atoms with Crippen molar-refractivity contribution >= 4 is 17.1 Å². The molecule has 0 aliphatic heterocycles. The first-order valence-electron chi connectivity index (χ1n) is 12.3. The van der Waals surface area contributed by atoms with Gasteiger partial charge < -0.3 is 9.47 Å². The number of aromatic nitrogens is 2. The highest BCUT2D eigenvalue weighted by atomic mass is 19.2. The molecule has 0 fully saturated rings. The molecule has 0 N–H and O–H groups in total. The maximum absolute atomic E-state index is 14.9. The van der Waals surface area contributed by atoms with E-state index in [1.165, 1.54) is 19.0 Å². The second-order valence-electron chi connectivity index (χ2n) is 8.56. The maximum Gasteiger partial charge on any atom is 0.233 e. The number of allylic oxidation sites excluding steroid dienone is 1. The van der Waals surface area contributed by atoms with Gasteiger partial charge in [0.15, 0.2) is 11.6 Å². The molecule has 4 nitrogen and oxygen atoms in total. The fraction of sp³-hybridized carbons (Fsp3) is 0.379. The quantitative estimate of drug-likeness (QED) is 0.174. The Labute approximate surface area is 206 Å². The third-order valence-electron chi connectivity index (χ3n) is 5.72. The van der Waals surface area contributed by atoms with E-state index >= 15 is 0 Å². The number of hydrogen-bond acceptors (Lipinski definition) is 4. The van der Waals surface area contributed by atoms with E-state index in [9.17, 15) is 8.78 Å². The van der Waals surface area contributed by atoms with Gasteiger partial charge in [-0.15, -0.1) is 0 Å². The van der Waals surface area contributed by atoms with Crippen LogP contribution in [0.2, 0.25) is 0 Å². The van der Waals surface area contributed by atoms with Gasteiger partial charge in [-0.2, -0.15) is 0 Å². The van der Waals surface area contributed by atoms with E-state index in [4.69, 9.17) is 9.47 Å². The Morgan fingerprint density at radius 1 is 1.06 bits per heavy atom. The van der Waals surface area contributed by atoms with Crippen LogP contribution in [0, 0.1) is 11.6 Å². The number of benzene rings is 2. The van der Waals surface area contributed by atoms with Crippen molar-refractivity contribution in [2.45, 2.75) is 58.5 Å². The first kappa shape index (κ1) is 26.5. The number of halogens is 2. The minimum Gasteiger partial charge on any atom is -0.472 e. The molecular weight excluding hydrogens is 446 g/mol. The lowest BCUT2D eigenvalue weighted by Gasteiger charge is -2.12. The van der Waals surface area contributed by atoms with Crippen LogP contribution >= 0.6 is 0 Å². The van der Waals surface area contributed by atoms with Gasteiger partial charge in [-0.1, -0.05) is 62.8 Å². The standard InChI is InChI=1S/C29H34F2N2O2/c1-4-6-10-18-34-21(3)11-8-7-9-12-22-13-15-24(29(31)28(22)30)23-14-16-25-26(19-23)32-20-27(33-25)35-17-5-2/h5,9,12-16,19-21H,2,4,6-8,10-11,17-18H2,1,3H3. The highest BCUT2D eigenvalue weighted by molar-refractivity contribution is 5.82. The monoisotopic (exact) mass is 480 g/mol. The molecule has 0 bridgehead atoms. The summed E-state index contributed by atoms with van der Waals surface area (Å²) in [7, 11) is 0. The van der Waals surface area contributed by atoms with Crippen LogP contribution in [0.3, 0.4) is 0 Å². The molecule has 186 valence electrons. The predicted molar refractivity (Wildman–Crippen MR) is 138 cm³/mol. The van der Waals surface area contributed by atoms with E-state index in [0.717, 1.165) is 32.3 Å². The SMILES string of the molecule is C=CCOc1cnc2cc(-c3ccc(C=CCCCC(C)OCCCCC)c(F)c3F)ccc2n1. The Kier molecular flexibility index (Phi) is 10.4. The number of hydrogen-bond donors (Lipinski definition) is 0. The Morgan fingerprint density at radius 3 is 2.71 bits per heavy atom. The average molecular weight is 481 g/mol. The molecule has 0 aliphatic carbocycles. The Hall–Kier alpha value is -3.12. The van der Waals surface area contributed by atoms with Crippen molar-refractivity contribution in [3.8, 4) is 17.0 Å². The van der Waals surface area contributed by atoms with Gasteiger partial charge in [0.25, 0.3) is 0 Å². The van der Waals surface area contributed by atoms with Gasteiger partial charge in [0, 0.05) is 17.7 Å². The molecule has 3 rings (SSSR count). The zero-order chi connectivity index (χ0) is 25.0. The van der Waals surface area contributed by atoms with Crippen molar-refractivity contribution in [2.24, 2.45) is 0 Å². The van der Waals surface area contributed by atoms with E-state index in [1.54, 1.807) is 42.5 Å². The van der Waals surface area contributed by atoms with Gasteiger partial charge in [-0.3, -0.25) is 0 Å². The van der Waals surface area contributed by atoms with Gasteiger partial charge >= 0.3 is 0 Å². The van der Waals surface area contributed by atoms with Crippen molar-refractivity contribution in [3.05, 3.63) is 72.5 Å². The summed E-state index contributed by atoms with van der Waals surface area (Å²) >= 11 is 0. The fourth-order valence-corrected chi connectivity index (χ4v) is 3.74. The summed E-state index contributed by atoms with van der Waals surface area (Å²) in [5, 5.41) is 0. The van der Waals surface area contributed by atoms with Crippen LogP contribution in [-0.2, 0) is 4.74 Å². The molecule has 1 atom stereocenters. The second-order valence-corrected chi connectivity index (χ2v) is 8.56. The minimum absolute atomic E-state index is 0.185. The van der Waals surface area contributed by atoms with Gasteiger partial charge in [0.2, 0.25) is 5.88 Å². The third-order valence-corrected chi connectivity index (χ3v) is 5.72. The van der Waals surface area contributed by atoms with Crippen molar-refractivity contribution in [1.29, 1.82) is 0 Å². The largest absolute Gasteiger partial charge is 0.472 e. The number of ether oxygens (including phenoxy) is 2. The molecule has 0 aliphatic rings. The van der Waals surface area contributed by atoms with Crippen LogP contribution in [0.1, 0.15) is 57.9 Å². The van der Waals surface area contributed by atoms with E-state index in [-0.39, 0.29) is 17.2 Å². The first-order chi connectivity index (χ1) is 17.0. The summed E-state index contributed by atoms with van der Waals surface area (Å²) in [5.41, 5.74) is 2.13. The summed E-state index contributed by atoms with van der Waals surface area (Å²) in [6, 6.07) is 8.32. The fourth-order valence-electron chi connectivity index (χ4n) is 3.74. The number of unbranched alkanes of at least 4 members (excludes halogenated alkanes) is 3. The van der Waals surface area contributed by atoms with Gasteiger partial charge in [-0.05, 0) is 50.3 Å². The van der Waals surface area contributed by atoms with Crippen LogP contribution in [0.4, 0.5) is 8.78 Å². The Balaban J connectivity index is 1.61. The van der Waals surface area contributed by atoms with Gasteiger partial charge in [0.1, 0.15) is 6.61 Å². The van der Waals surface area contributed by atoms with Crippen molar-refractivity contribution in [1.82, 2.24) is 9.97 Å². The molecule has 0 amide bonds. The van der Waals surface area contributed by atoms with Crippen molar-refractivity contribution in [2.75, 3.05) is 13.2 Å². The summed E-state index contributed by atoms with van der Waals surface area (Å²) in [6.45, 7) is 8.99. The zero-order valence-electron chi connectivity index (χ0n) is 20.6. The van der Waals surface area contributed by atoms with Gasteiger partial charge in [-0.25, -0.2) is 18.7 Å². The molecule has 3 aromatic rings. The predicted octanol–water partition coefficient (Wildman–Crippen LogP) is 7.92. The van der Waals surface area contributed by atoms with E-state index in [0.29, 0.717) is 29.1 Å². The van der Waals surface area contributed by atoms with Crippen LogP contribution in [0.25, 0.3) is 28.2 Å². The summed E-state index contributed by atoms with van der Waals surface area (Å²) in [4.78, 5) is 8.69. The highest BCUT2D eigenvalue weighted by Gasteiger charge is 2.14. The molecule has 0 radical (unpaired) electrons. The van der Waals surface area contributed by atoms with Crippen LogP contribution in [-0.4, -0.2) is 29.3 Å². The van der Waals surface area contributed by atoms with Crippen LogP contribution in [0.5, 0.6) is 5.88 Å². The molecule has 6 heteroatoms. The van der Waals surface area contributed by atoms with E-state index in [2.05, 4.69) is 30.4 Å². The van der Waals surface area contributed by atoms with Crippen LogP contribution < -0.4 is 4.74 Å². The van der Waals surface area contributed by atoms with Gasteiger partial charge in [0.05, 0.1) is 23.3 Å². The lowest BCUT2D eigenvalue weighted by Crippen LogP contribution is -2.08. The minimum atomic E-state index is -0.875. The molecule has 2 aromatic carbocycles. The lowest BCUT2D eigenvalue weighted by molar-refractivity contribution is 0.0566. The van der Waals surface area contributed by atoms with E-state index in [1.807, 2.05) is 6.08 Å². The molecule has 0 saturated carbocycles. The molecule has 1 aromatic heterocycles. The topological polar surface area (TPSA) is 44.2 Å². The molecule has 1 heterocycles. The van der Waals surface area contributed by atoms with Crippen LogP contribution in [0.15, 0.2) is 55.3 Å². The summed E-state index contributed by atoms with van der Waals surface area (Å²) in [5.74, 6) is -1.35. The summed E-state index contributed by atoms with van der Waals surface area (Å²) in [6.07, 6.45) is 13.0. The Bertz CT molecular complexity index is 1150. The number of fused-ring (bicyclic) bond motifs is 1. The normalized spacial score (nSPS) is 12.3. The first-order valence-corrected chi connectivity index (χ1v) is 12.3. The zero-order valence-corrected chi connectivity index (χ0v) is 20.6. The van der Waals surface area contributed by atoms with E-state index < -0.39 is 11.6 Å². The number of rotatable bonds is 14. The molecule has 35 heavy (non-hydrogen) atoms. The lowest BCUT2D eigenvalue weighted by atomic mass is 10.0. The molecule has 0 spiro atoms.